The summed E-state index contributed by atoms with van der Waals surface area (Å²) in [4.78, 5) is 12.4. The van der Waals surface area contributed by atoms with Crippen molar-refractivity contribution in [3.63, 3.8) is 0 Å². The van der Waals surface area contributed by atoms with E-state index in [2.05, 4.69) is 20.3 Å². The van der Waals surface area contributed by atoms with Crippen LogP contribution in [0.5, 0.6) is 0 Å². The second-order valence-electron chi connectivity index (χ2n) is 4.12. The van der Waals surface area contributed by atoms with Crippen molar-refractivity contribution in [2.45, 2.75) is 25.4 Å². The van der Waals surface area contributed by atoms with Gasteiger partial charge in [-0.05, 0) is 19.4 Å². The second kappa shape index (κ2) is 3.71. The van der Waals surface area contributed by atoms with Crippen LogP contribution in [0.1, 0.15) is 12.8 Å². The van der Waals surface area contributed by atoms with Gasteiger partial charge in [0.1, 0.15) is 11.8 Å². The molecule has 0 aromatic carbocycles. The molecule has 6 heteroatoms. The summed E-state index contributed by atoms with van der Waals surface area (Å²) in [7, 11) is 0. The number of nitrogens with zero attached hydrogens (tertiary/aromatic N) is 4. The second-order valence-corrected chi connectivity index (χ2v) is 4.12. The molecular weight excluding hydrogens is 204 g/mol. The zero-order valence-electron chi connectivity index (χ0n) is 8.93. The molecule has 2 aromatic heterocycles. The molecule has 16 heavy (non-hydrogen) atoms. The number of fused-ring (bicyclic) bond motifs is 1. The molecule has 1 aliphatic heterocycles. The van der Waals surface area contributed by atoms with Gasteiger partial charge in [-0.1, -0.05) is 0 Å². The monoisotopic (exact) mass is 218 g/mol. The third-order valence-electron chi connectivity index (χ3n) is 3.01. The molecule has 3 rings (SSSR count). The predicted molar refractivity (Wildman–Crippen MR) is 60.8 cm³/mol. The zero-order chi connectivity index (χ0) is 11.0. The Morgan fingerprint density at radius 1 is 1.44 bits per heavy atom. The number of hydrogen-bond donors (Lipinski definition) is 2. The van der Waals surface area contributed by atoms with E-state index in [1.807, 2.05) is 4.57 Å². The normalized spacial score (nSPS) is 20.6. The third-order valence-corrected chi connectivity index (χ3v) is 3.01. The Morgan fingerprint density at radius 2 is 2.38 bits per heavy atom. The van der Waals surface area contributed by atoms with Crippen LogP contribution in [-0.4, -0.2) is 32.1 Å². The Labute approximate surface area is 92.9 Å². The van der Waals surface area contributed by atoms with Crippen LogP contribution in [0, 0.1) is 0 Å². The Bertz CT molecular complexity index is 499. The standard InChI is InChI=1S/C10H14N6/c11-9-8-10(14-5-13-9)16(6-15-8)4-7-2-1-3-12-7/h5-7,12H,1-4H2,(H2,11,13,14)/t7-/m1/s1. The van der Waals surface area contributed by atoms with Gasteiger partial charge in [0.25, 0.3) is 0 Å². The summed E-state index contributed by atoms with van der Waals surface area (Å²) < 4.78 is 2.04. The number of imidazole rings is 1. The molecule has 0 spiro atoms. The number of aromatic nitrogens is 4. The van der Waals surface area contributed by atoms with Crippen LogP contribution < -0.4 is 11.1 Å². The molecule has 2 aromatic rings. The number of nitrogens with one attached hydrogen (secondary N) is 1. The fourth-order valence-corrected chi connectivity index (χ4v) is 2.18. The fraction of sp³-hybridized carbons (Fsp3) is 0.500. The topological polar surface area (TPSA) is 81.7 Å². The average Bonchev–Trinajstić information content (AvgIpc) is 2.90. The van der Waals surface area contributed by atoms with Crippen LogP contribution in [0.3, 0.4) is 0 Å². The first-order valence-corrected chi connectivity index (χ1v) is 5.49. The maximum absolute atomic E-state index is 5.74. The summed E-state index contributed by atoms with van der Waals surface area (Å²) in [6, 6.07) is 0.522. The van der Waals surface area contributed by atoms with Crippen molar-refractivity contribution in [3.8, 4) is 0 Å². The summed E-state index contributed by atoms with van der Waals surface area (Å²) in [5.74, 6) is 0.447. The lowest BCUT2D eigenvalue weighted by Crippen LogP contribution is -2.26. The van der Waals surface area contributed by atoms with Gasteiger partial charge in [0, 0.05) is 12.6 Å². The van der Waals surface area contributed by atoms with Crippen LogP contribution >= 0.6 is 0 Å². The van der Waals surface area contributed by atoms with Gasteiger partial charge < -0.3 is 15.6 Å². The molecular formula is C10H14N6. The van der Waals surface area contributed by atoms with E-state index in [1.165, 1.54) is 19.2 Å². The Kier molecular flexibility index (Phi) is 2.21. The van der Waals surface area contributed by atoms with Gasteiger partial charge in [-0.3, -0.25) is 0 Å². The molecule has 0 bridgehead atoms. The minimum atomic E-state index is 0.447. The van der Waals surface area contributed by atoms with Gasteiger partial charge in [-0.2, -0.15) is 0 Å². The third kappa shape index (κ3) is 1.51. The number of rotatable bonds is 2. The molecule has 0 saturated carbocycles. The first-order valence-electron chi connectivity index (χ1n) is 5.49. The lowest BCUT2D eigenvalue weighted by Gasteiger charge is -2.10. The quantitative estimate of drug-likeness (QED) is 0.750. The lowest BCUT2D eigenvalue weighted by molar-refractivity contribution is 0.515. The summed E-state index contributed by atoms with van der Waals surface area (Å²) in [5.41, 5.74) is 7.25. The largest absolute Gasteiger partial charge is 0.382 e. The highest BCUT2D eigenvalue weighted by Crippen LogP contribution is 2.16. The van der Waals surface area contributed by atoms with Crippen LogP contribution in [0.2, 0.25) is 0 Å². The molecule has 6 nitrogen and oxygen atoms in total. The molecule has 1 fully saturated rings. The highest BCUT2D eigenvalue weighted by Gasteiger charge is 2.16. The molecule has 3 heterocycles. The van der Waals surface area contributed by atoms with Crippen molar-refractivity contribution in [1.82, 2.24) is 24.8 Å². The van der Waals surface area contributed by atoms with Crippen molar-refractivity contribution in [2.24, 2.45) is 0 Å². The first-order chi connectivity index (χ1) is 7.84. The number of anilines is 1. The summed E-state index contributed by atoms with van der Waals surface area (Å²) >= 11 is 0. The van der Waals surface area contributed by atoms with Crippen molar-refractivity contribution >= 4 is 17.0 Å². The Morgan fingerprint density at radius 3 is 3.19 bits per heavy atom. The fourth-order valence-electron chi connectivity index (χ4n) is 2.18. The minimum Gasteiger partial charge on any atom is -0.382 e. The van der Waals surface area contributed by atoms with E-state index in [9.17, 15) is 0 Å². The van der Waals surface area contributed by atoms with E-state index in [0.717, 1.165) is 18.7 Å². The highest BCUT2D eigenvalue weighted by molar-refractivity contribution is 5.81. The highest BCUT2D eigenvalue weighted by atomic mass is 15.1. The van der Waals surface area contributed by atoms with E-state index >= 15 is 0 Å². The molecule has 84 valence electrons. The molecule has 1 atom stereocenters. The van der Waals surface area contributed by atoms with E-state index in [1.54, 1.807) is 6.33 Å². The summed E-state index contributed by atoms with van der Waals surface area (Å²) in [6.45, 7) is 2.00. The van der Waals surface area contributed by atoms with E-state index in [0.29, 0.717) is 17.4 Å². The smallest absolute Gasteiger partial charge is 0.165 e. The van der Waals surface area contributed by atoms with Gasteiger partial charge in [0.15, 0.2) is 11.5 Å². The van der Waals surface area contributed by atoms with Crippen LogP contribution in [0.15, 0.2) is 12.7 Å². The van der Waals surface area contributed by atoms with E-state index in [-0.39, 0.29) is 0 Å². The van der Waals surface area contributed by atoms with Crippen molar-refractivity contribution < 1.29 is 0 Å². The maximum atomic E-state index is 5.74. The van der Waals surface area contributed by atoms with E-state index < -0.39 is 0 Å². The average molecular weight is 218 g/mol. The van der Waals surface area contributed by atoms with Crippen molar-refractivity contribution in [1.29, 1.82) is 0 Å². The zero-order valence-corrected chi connectivity index (χ0v) is 8.93. The van der Waals surface area contributed by atoms with Crippen LogP contribution in [-0.2, 0) is 6.54 Å². The number of hydrogen-bond acceptors (Lipinski definition) is 5. The van der Waals surface area contributed by atoms with Crippen molar-refractivity contribution in [2.75, 3.05) is 12.3 Å². The van der Waals surface area contributed by atoms with Crippen LogP contribution in [0.4, 0.5) is 5.82 Å². The van der Waals surface area contributed by atoms with Gasteiger partial charge >= 0.3 is 0 Å². The molecule has 0 unspecified atom stereocenters. The maximum Gasteiger partial charge on any atom is 0.165 e. The molecule has 0 amide bonds. The molecule has 3 N–H and O–H groups in total. The predicted octanol–water partition coefficient (Wildman–Crippen LogP) is 0.160. The Balaban J connectivity index is 1.94. The number of nitrogens with two attached hydrogens (primary N) is 1. The summed E-state index contributed by atoms with van der Waals surface area (Å²) in [6.07, 6.45) is 5.72. The molecule has 1 aliphatic rings. The first kappa shape index (κ1) is 9.53. The Hall–Kier alpha value is -1.69. The van der Waals surface area contributed by atoms with Gasteiger partial charge in [0.05, 0.1) is 6.33 Å². The van der Waals surface area contributed by atoms with Gasteiger partial charge in [0.2, 0.25) is 0 Å². The number of nitrogen functional groups attached to an aromatic ring is 1. The van der Waals surface area contributed by atoms with Crippen LogP contribution in [0.25, 0.3) is 11.2 Å². The van der Waals surface area contributed by atoms with Gasteiger partial charge in [-0.15, -0.1) is 0 Å². The minimum absolute atomic E-state index is 0.447. The lowest BCUT2D eigenvalue weighted by atomic mass is 10.2. The van der Waals surface area contributed by atoms with Crippen molar-refractivity contribution in [3.05, 3.63) is 12.7 Å². The summed E-state index contributed by atoms with van der Waals surface area (Å²) in [5, 5.41) is 3.45. The molecule has 1 saturated heterocycles. The van der Waals surface area contributed by atoms with E-state index in [4.69, 9.17) is 5.73 Å². The SMILES string of the molecule is Nc1ncnc2c1ncn2C[C@H]1CCCN1. The molecule has 0 radical (unpaired) electrons. The molecule has 0 aliphatic carbocycles. The van der Waals surface area contributed by atoms with Gasteiger partial charge in [-0.25, -0.2) is 15.0 Å².